The van der Waals surface area contributed by atoms with E-state index in [0.29, 0.717) is 22.8 Å². The standard InChI is InChI=1S/C19H17ClN2O3/c1-12-11-17(22(21-12)13(2)23)15-8-4-6-10-18(15)25-19(24)14-7-3-5-9-16(14)20/h3-10,17H,11H2,1-2H3. The van der Waals surface area contributed by atoms with Gasteiger partial charge in [-0.25, -0.2) is 9.80 Å². The van der Waals surface area contributed by atoms with Crippen molar-refractivity contribution in [3.05, 3.63) is 64.7 Å². The van der Waals surface area contributed by atoms with Crippen LogP contribution < -0.4 is 4.74 Å². The maximum absolute atomic E-state index is 12.5. The summed E-state index contributed by atoms with van der Waals surface area (Å²) in [7, 11) is 0. The molecule has 0 saturated carbocycles. The van der Waals surface area contributed by atoms with E-state index in [2.05, 4.69) is 5.10 Å². The van der Waals surface area contributed by atoms with Crippen molar-refractivity contribution in [1.29, 1.82) is 0 Å². The van der Waals surface area contributed by atoms with Gasteiger partial charge in [-0.1, -0.05) is 41.9 Å². The topological polar surface area (TPSA) is 59.0 Å². The minimum absolute atomic E-state index is 0.158. The second kappa shape index (κ2) is 7.07. The van der Waals surface area contributed by atoms with Gasteiger partial charge in [-0.2, -0.15) is 5.10 Å². The number of nitrogens with zero attached hydrogens (tertiary/aromatic N) is 2. The number of rotatable bonds is 3. The van der Waals surface area contributed by atoms with Gasteiger partial charge in [0, 0.05) is 24.6 Å². The fourth-order valence-corrected chi connectivity index (χ4v) is 3.04. The van der Waals surface area contributed by atoms with Gasteiger partial charge in [-0.3, -0.25) is 4.79 Å². The Labute approximate surface area is 150 Å². The van der Waals surface area contributed by atoms with Crippen molar-refractivity contribution in [3.63, 3.8) is 0 Å². The normalized spacial score (nSPS) is 16.5. The van der Waals surface area contributed by atoms with Crippen molar-refractivity contribution >= 4 is 29.2 Å². The summed E-state index contributed by atoms with van der Waals surface area (Å²) in [6.07, 6.45) is 0.597. The molecule has 6 heteroatoms. The third kappa shape index (κ3) is 3.56. The zero-order valence-corrected chi connectivity index (χ0v) is 14.7. The summed E-state index contributed by atoms with van der Waals surface area (Å²) in [6.45, 7) is 3.34. The Morgan fingerprint density at radius 3 is 2.56 bits per heavy atom. The highest BCUT2D eigenvalue weighted by Gasteiger charge is 2.31. The molecule has 0 aliphatic carbocycles. The van der Waals surface area contributed by atoms with Crippen LogP contribution in [0.25, 0.3) is 0 Å². The molecule has 0 saturated heterocycles. The molecule has 2 aromatic rings. The Kier molecular flexibility index (Phi) is 4.86. The van der Waals surface area contributed by atoms with Crippen molar-refractivity contribution in [2.75, 3.05) is 0 Å². The molecule has 1 amide bonds. The number of hydrogen-bond acceptors (Lipinski definition) is 4. The summed E-state index contributed by atoms with van der Waals surface area (Å²) in [5.41, 5.74) is 1.88. The molecule has 0 aromatic heterocycles. The van der Waals surface area contributed by atoms with Gasteiger partial charge in [0.1, 0.15) is 5.75 Å². The molecule has 3 rings (SSSR count). The fraction of sp³-hybridized carbons (Fsp3) is 0.211. The van der Waals surface area contributed by atoms with E-state index in [4.69, 9.17) is 16.3 Å². The average molecular weight is 357 g/mol. The van der Waals surface area contributed by atoms with Crippen LogP contribution in [-0.4, -0.2) is 22.6 Å². The first-order valence-electron chi connectivity index (χ1n) is 7.87. The predicted octanol–water partition coefficient (Wildman–Crippen LogP) is 4.23. The molecule has 1 heterocycles. The molecule has 25 heavy (non-hydrogen) atoms. The highest BCUT2D eigenvalue weighted by Crippen LogP contribution is 2.36. The largest absolute Gasteiger partial charge is 0.423 e. The number of benzene rings is 2. The second-order valence-corrected chi connectivity index (χ2v) is 6.23. The summed E-state index contributed by atoms with van der Waals surface area (Å²) in [5, 5.41) is 6.03. The van der Waals surface area contributed by atoms with Crippen LogP contribution in [-0.2, 0) is 4.79 Å². The molecule has 2 aromatic carbocycles. The van der Waals surface area contributed by atoms with Crippen LogP contribution in [0, 0.1) is 0 Å². The van der Waals surface area contributed by atoms with Crippen LogP contribution in [0.2, 0.25) is 5.02 Å². The van der Waals surface area contributed by atoms with Gasteiger partial charge in [0.2, 0.25) is 5.91 Å². The van der Waals surface area contributed by atoms with Crippen LogP contribution in [0.1, 0.15) is 42.2 Å². The molecular formula is C19H17ClN2O3. The van der Waals surface area contributed by atoms with E-state index in [9.17, 15) is 9.59 Å². The van der Waals surface area contributed by atoms with Crippen molar-refractivity contribution < 1.29 is 14.3 Å². The Bertz CT molecular complexity index is 863. The van der Waals surface area contributed by atoms with Crippen molar-refractivity contribution in [2.45, 2.75) is 26.3 Å². The second-order valence-electron chi connectivity index (χ2n) is 5.83. The van der Waals surface area contributed by atoms with Crippen LogP contribution in [0.3, 0.4) is 0 Å². The molecule has 0 radical (unpaired) electrons. The zero-order chi connectivity index (χ0) is 18.0. The Hall–Kier alpha value is -2.66. The van der Waals surface area contributed by atoms with E-state index >= 15 is 0 Å². The number of hydrazone groups is 1. The van der Waals surface area contributed by atoms with Gasteiger partial charge in [-0.15, -0.1) is 0 Å². The van der Waals surface area contributed by atoms with E-state index in [-0.39, 0.29) is 11.9 Å². The SMILES string of the molecule is CC(=O)N1N=C(C)CC1c1ccccc1OC(=O)c1ccccc1Cl. The molecule has 1 aliphatic rings. The van der Waals surface area contributed by atoms with E-state index in [1.165, 1.54) is 11.9 Å². The van der Waals surface area contributed by atoms with Gasteiger partial charge in [0.25, 0.3) is 0 Å². The van der Waals surface area contributed by atoms with E-state index in [1.807, 2.05) is 19.1 Å². The van der Waals surface area contributed by atoms with Crippen LogP contribution in [0.4, 0.5) is 0 Å². The van der Waals surface area contributed by atoms with Crippen molar-refractivity contribution in [2.24, 2.45) is 5.10 Å². The predicted molar refractivity (Wildman–Crippen MR) is 95.8 cm³/mol. The molecule has 5 nitrogen and oxygen atoms in total. The molecule has 1 atom stereocenters. The average Bonchev–Trinajstić information content (AvgIpc) is 2.97. The molecule has 1 unspecified atom stereocenters. The van der Waals surface area contributed by atoms with Gasteiger partial charge in [0.05, 0.1) is 16.6 Å². The van der Waals surface area contributed by atoms with E-state index in [0.717, 1.165) is 11.3 Å². The molecule has 128 valence electrons. The number of para-hydroxylation sites is 1. The summed E-state index contributed by atoms with van der Waals surface area (Å²) >= 11 is 6.06. The van der Waals surface area contributed by atoms with Crippen LogP contribution in [0.15, 0.2) is 53.6 Å². The highest BCUT2D eigenvalue weighted by atomic mass is 35.5. The lowest BCUT2D eigenvalue weighted by atomic mass is 10.0. The zero-order valence-electron chi connectivity index (χ0n) is 13.9. The Balaban J connectivity index is 1.91. The first-order valence-corrected chi connectivity index (χ1v) is 8.24. The first kappa shape index (κ1) is 17.2. The number of carbonyl (C=O) groups is 2. The van der Waals surface area contributed by atoms with Gasteiger partial charge >= 0.3 is 5.97 Å². The van der Waals surface area contributed by atoms with Crippen LogP contribution >= 0.6 is 11.6 Å². The van der Waals surface area contributed by atoms with Crippen molar-refractivity contribution in [1.82, 2.24) is 5.01 Å². The molecule has 0 bridgehead atoms. The van der Waals surface area contributed by atoms with Gasteiger partial charge < -0.3 is 4.74 Å². The summed E-state index contributed by atoms with van der Waals surface area (Å²) in [5.74, 6) is -0.300. The number of esters is 1. The number of halogens is 1. The lowest BCUT2D eigenvalue weighted by molar-refractivity contribution is -0.130. The van der Waals surface area contributed by atoms with Crippen molar-refractivity contribution in [3.8, 4) is 5.75 Å². The third-order valence-corrected chi connectivity index (χ3v) is 4.29. The number of carbonyl (C=O) groups excluding carboxylic acids is 2. The molecule has 0 N–H and O–H groups in total. The molecular weight excluding hydrogens is 340 g/mol. The minimum Gasteiger partial charge on any atom is -0.423 e. The minimum atomic E-state index is -0.539. The number of ether oxygens (including phenoxy) is 1. The highest BCUT2D eigenvalue weighted by molar-refractivity contribution is 6.33. The molecule has 0 spiro atoms. The third-order valence-electron chi connectivity index (χ3n) is 3.96. The summed E-state index contributed by atoms with van der Waals surface area (Å²) < 4.78 is 5.58. The Morgan fingerprint density at radius 1 is 1.16 bits per heavy atom. The number of hydrogen-bond donors (Lipinski definition) is 0. The fourth-order valence-electron chi connectivity index (χ4n) is 2.82. The van der Waals surface area contributed by atoms with E-state index < -0.39 is 5.97 Å². The summed E-state index contributed by atoms with van der Waals surface area (Å²) in [6, 6.07) is 13.6. The summed E-state index contributed by atoms with van der Waals surface area (Å²) in [4.78, 5) is 24.3. The molecule has 0 fully saturated rings. The monoisotopic (exact) mass is 356 g/mol. The maximum atomic E-state index is 12.5. The van der Waals surface area contributed by atoms with Gasteiger partial charge in [0.15, 0.2) is 0 Å². The van der Waals surface area contributed by atoms with E-state index in [1.54, 1.807) is 36.4 Å². The van der Waals surface area contributed by atoms with Crippen LogP contribution in [0.5, 0.6) is 5.75 Å². The Morgan fingerprint density at radius 2 is 1.84 bits per heavy atom. The smallest absolute Gasteiger partial charge is 0.345 e. The molecule has 1 aliphatic heterocycles. The maximum Gasteiger partial charge on any atom is 0.345 e. The quantitative estimate of drug-likeness (QED) is 0.610. The number of amides is 1. The lowest BCUT2D eigenvalue weighted by Gasteiger charge is -2.22. The van der Waals surface area contributed by atoms with Gasteiger partial charge in [-0.05, 0) is 25.1 Å². The lowest BCUT2D eigenvalue weighted by Crippen LogP contribution is -2.25. The first-order chi connectivity index (χ1) is 12.0.